The number of aromatic carboxylic acids is 1. The number of hydrogen-bond donors (Lipinski definition) is 2. The van der Waals surface area contributed by atoms with Crippen LogP contribution in [-0.4, -0.2) is 34.0 Å². The second-order valence-electron chi connectivity index (χ2n) is 4.00. The van der Waals surface area contributed by atoms with Gasteiger partial charge in [-0.2, -0.15) is 11.8 Å². The normalized spacial score (nSPS) is 11.9. The average molecular weight is 284 g/mol. The smallest absolute Gasteiger partial charge is 0.335 e. The van der Waals surface area contributed by atoms with Gasteiger partial charge in [-0.1, -0.05) is 6.92 Å². The summed E-state index contributed by atoms with van der Waals surface area (Å²) in [7, 11) is 0. The Bertz CT molecular complexity index is 479. The zero-order valence-electron chi connectivity index (χ0n) is 10.8. The minimum Gasteiger partial charge on any atom is -0.478 e. The Morgan fingerprint density at radius 2 is 2.26 bits per heavy atom. The van der Waals surface area contributed by atoms with E-state index in [0.717, 1.165) is 12.2 Å². The first-order chi connectivity index (χ1) is 8.99. The Morgan fingerprint density at radius 1 is 1.58 bits per heavy atom. The fraction of sp³-hybridized carbons (Fsp3) is 0.417. The van der Waals surface area contributed by atoms with Crippen molar-refractivity contribution in [3.05, 3.63) is 33.9 Å². The molecule has 1 unspecified atom stereocenters. The van der Waals surface area contributed by atoms with Gasteiger partial charge in [0.25, 0.3) is 5.69 Å². The molecule has 0 radical (unpaired) electrons. The summed E-state index contributed by atoms with van der Waals surface area (Å²) in [5.41, 5.74) is 0.183. The maximum Gasteiger partial charge on any atom is 0.335 e. The van der Waals surface area contributed by atoms with E-state index in [1.54, 1.807) is 11.8 Å². The molecule has 0 spiro atoms. The second kappa shape index (κ2) is 6.98. The third-order valence-corrected chi connectivity index (χ3v) is 3.40. The summed E-state index contributed by atoms with van der Waals surface area (Å²) in [6.07, 6.45) is 2.75. The van der Waals surface area contributed by atoms with Crippen molar-refractivity contribution in [3.63, 3.8) is 0 Å². The lowest BCUT2D eigenvalue weighted by Gasteiger charge is -2.17. The topological polar surface area (TPSA) is 92.5 Å². The Labute approximate surface area is 115 Å². The van der Waals surface area contributed by atoms with Crippen molar-refractivity contribution < 1.29 is 14.8 Å². The van der Waals surface area contributed by atoms with Gasteiger partial charge in [0, 0.05) is 17.9 Å². The van der Waals surface area contributed by atoms with Crippen molar-refractivity contribution in [2.45, 2.75) is 19.4 Å². The molecule has 0 amide bonds. The molecule has 6 nitrogen and oxygen atoms in total. The number of nitro benzene ring substituents is 1. The molecule has 0 heterocycles. The highest BCUT2D eigenvalue weighted by Gasteiger charge is 2.18. The monoisotopic (exact) mass is 284 g/mol. The highest BCUT2D eigenvalue weighted by atomic mass is 32.2. The predicted octanol–water partition coefficient (Wildman–Crippen LogP) is 2.85. The molecule has 0 aliphatic carbocycles. The minimum absolute atomic E-state index is 0.0344. The summed E-state index contributed by atoms with van der Waals surface area (Å²) in [4.78, 5) is 21.3. The molecular formula is C12H16N2O4S. The average Bonchev–Trinajstić information content (AvgIpc) is 2.37. The summed E-state index contributed by atoms with van der Waals surface area (Å²) in [5.74, 6) is -0.304. The number of thioether (sulfide) groups is 1. The van der Waals surface area contributed by atoms with Gasteiger partial charge < -0.3 is 10.4 Å². The van der Waals surface area contributed by atoms with Gasteiger partial charge in [0.1, 0.15) is 5.69 Å². The van der Waals surface area contributed by atoms with Crippen LogP contribution >= 0.6 is 11.8 Å². The molecule has 0 aliphatic heterocycles. The summed E-state index contributed by atoms with van der Waals surface area (Å²) in [6, 6.07) is 3.83. The number of rotatable bonds is 7. The largest absolute Gasteiger partial charge is 0.478 e. The number of anilines is 1. The van der Waals surface area contributed by atoms with Crippen LogP contribution in [0.5, 0.6) is 0 Å². The van der Waals surface area contributed by atoms with Crippen molar-refractivity contribution in [1.29, 1.82) is 0 Å². The lowest BCUT2D eigenvalue weighted by molar-refractivity contribution is -0.384. The molecule has 19 heavy (non-hydrogen) atoms. The zero-order valence-corrected chi connectivity index (χ0v) is 11.6. The molecular weight excluding hydrogens is 268 g/mol. The van der Waals surface area contributed by atoms with Crippen molar-refractivity contribution in [3.8, 4) is 0 Å². The number of nitrogens with one attached hydrogen (secondary N) is 1. The van der Waals surface area contributed by atoms with E-state index in [1.807, 2.05) is 13.2 Å². The van der Waals surface area contributed by atoms with Crippen LogP contribution in [-0.2, 0) is 0 Å². The van der Waals surface area contributed by atoms with Gasteiger partial charge in [0.05, 0.1) is 10.5 Å². The molecule has 1 atom stereocenters. The zero-order chi connectivity index (χ0) is 14.4. The van der Waals surface area contributed by atoms with Gasteiger partial charge in [-0.15, -0.1) is 0 Å². The summed E-state index contributed by atoms with van der Waals surface area (Å²) in [5, 5.41) is 22.9. The molecule has 2 N–H and O–H groups in total. The van der Waals surface area contributed by atoms with Crippen LogP contribution in [0.2, 0.25) is 0 Å². The molecule has 1 rings (SSSR count). The fourth-order valence-electron chi connectivity index (χ4n) is 1.63. The van der Waals surface area contributed by atoms with Gasteiger partial charge in [0.15, 0.2) is 0 Å². The Morgan fingerprint density at radius 3 is 2.74 bits per heavy atom. The van der Waals surface area contributed by atoms with E-state index in [2.05, 4.69) is 5.32 Å². The number of hydrogen-bond acceptors (Lipinski definition) is 5. The molecule has 7 heteroatoms. The third kappa shape index (κ3) is 4.13. The SMILES string of the molecule is CCC(CSC)Nc1cc(C(=O)O)ccc1[N+](=O)[O-]. The highest BCUT2D eigenvalue weighted by molar-refractivity contribution is 7.98. The van der Waals surface area contributed by atoms with Gasteiger partial charge in [0.2, 0.25) is 0 Å². The van der Waals surface area contributed by atoms with Crippen LogP contribution in [0.1, 0.15) is 23.7 Å². The third-order valence-electron chi connectivity index (χ3n) is 2.66. The van der Waals surface area contributed by atoms with Crippen LogP contribution in [0.4, 0.5) is 11.4 Å². The van der Waals surface area contributed by atoms with Crippen molar-refractivity contribution in [1.82, 2.24) is 0 Å². The molecule has 0 saturated carbocycles. The fourth-order valence-corrected chi connectivity index (χ4v) is 2.35. The van der Waals surface area contributed by atoms with Crippen LogP contribution in [0.25, 0.3) is 0 Å². The molecule has 0 aromatic heterocycles. The summed E-state index contributed by atoms with van der Waals surface area (Å²) < 4.78 is 0. The molecule has 0 bridgehead atoms. The van der Waals surface area contributed by atoms with Crippen LogP contribution in [0.3, 0.4) is 0 Å². The first kappa shape index (κ1) is 15.3. The molecule has 0 saturated heterocycles. The van der Waals surface area contributed by atoms with Gasteiger partial charge >= 0.3 is 5.97 Å². The Kier molecular flexibility index (Phi) is 5.62. The first-order valence-corrected chi connectivity index (χ1v) is 7.16. The highest BCUT2D eigenvalue weighted by Crippen LogP contribution is 2.27. The van der Waals surface area contributed by atoms with E-state index in [0.29, 0.717) is 0 Å². The van der Waals surface area contributed by atoms with Gasteiger partial charge in [-0.3, -0.25) is 10.1 Å². The van der Waals surface area contributed by atoms with E-state index >= 15 is 0 Å². The molecule has 104 valence electrons. The van der Waals surface area contributed by atoms with Crippen LogP contribution < -0.4 is 5.32 Å². The van der Waals surface area contributed by atoms with Crippen molar-refractivity contribution >= 4 is 29.1 Å². The quantitative estimate of drug-likeness (QED) is 0.591. The molecule has 1 aromatic carbocycles. The number of carboxylic acid groups (broad SMARTS) is 1. The number of nitrogens with zero attached hydrogens (tertiary/aromatic N) is 1. The van der Waals surface area contributed by atoms with E-state index < -0.39 is 10.9 Å². The number of carbonyl (C=O) groups is 1. The molecule has 0 fully saturated rings. The number of carboxylic acids is 1. The lowest BCUT2D eigenvalue weighted by Crippen LogP contribution is -2.22. The van der Waals surface area contributed by atoms with Crippen molar-refractivity contribution in [2.24, 2.45) is 0 Å². The lowest BCUT2D eigenvalue weighted by atomic mass is 10.1. The molecule has 1 aromatic rings. The Hall–Kier alpha value is -1.76. The number of nitro groups is 1. The second-order valence-corrected chi connectivity index (χ2v) is 4.91. The van der Waals surface area contributed by atoms with Gasteiger partial charge in [-0.05, 0) is 24.8 Å². The van der Waals surface area contributed by atoms with Gasteiger partial charge in [-0.25, -0.2) is 4.79 Å². The molecule has 0 aliphatic rings. The minimum atomic E-state index is -1.10. The maximum absolute atomic E-state index is 10.9. The van der Waals surface area contributed by atoms with E-state index in [1.165, 1.54) is 18.2 Å². The number of benzene rings is 1. The standard InChI is InChI=1S/C12H16N2O4S/c1-3-9(7-19-2)13-10-6-8(12(15)16)4-5-11(10)14(17)18/h4-6,9,13H,3,7H2,1-2H3,(H,15,16). The maximum atomic E-state index is 10.9. The summed E-state index contributed by atoms with van der Waals surface area (Å²) >= 11 is 1.63. The Balaban J connectivity index is 3.09. The summed E-state index contributed by atoms with van der Waals surface area (Å²) in [6.45, 7) is 1.97. The van der Waals surface area contributed by atoms with Crippen molar-refractivity contribution in [2.75, 3.05) is 17.3 Å². The van der Waals surface area contributed by atoms with E-state index in [-0.39, 0.29) is 23.0 Å². The van der Waals surface area contributed by atoms with Crippen LogP contribution in [0, 0.1) is 10.1 Å². The van der Waals surface area contributed by atoms with E-state index in [9.17, 15) is 14.9 Å². The predicted molar refractivity (Wildman–Crippen MR) is 76.1 cm³/mol. The van der Waals surface area contributed by atoms with E-state index in [4.69, 9.17) is 5.11 Å². The van der Waals surface area contributed by atoms with Crippen LogP contribution in [0.15, 0.2) is 18.2 Å². The first-order valence-electron chi connectivity index (χ1n) is 5.76.